The largest absolute Gasteiger partial charge is 0.495 e. The molecule has 0 fully saturated rings. The van der Waals surface area contributed by atoms with Crippen LogP contribution in [0.3, 0.4) is 0 Å². The second-order valence-corrected chi connectivity index (χ2v) is 5.61. The summed E-state index contributed by atoms with van der Waals surface area (Å²) >= 11 is 0. The van der Waals surface area contributed by atoms with Gasteiger partial charge in [0.15, 0.2) is 0 Å². The molecule has 1 amide bonds. The van der Waals surface area contributed by atoms with Crippen molar-refractivity contribution in [2.45, 2.75) is 4.90 Å². The molecular weight excluding hydrogens is 300 g/mol. The van der Waals surface area contributed by atoms with Crippen LogP contribution in [0.5, 0.6) is 5.75 Å². The van der Waals surface area contributed by atoms with Crippen LogP contribution in [-0.2, 0) is 19.6 Å². The maximum Gasteiger partial charge on any atom is 0.328 e. The minimum Gasteiger partial charge on any atom is -0.495 e. The van der Waals surface area contributed by atoms with E-state index in [-0.39, 0.29) is 10.6 Å². The van der Waals surface area contributed by atoms with Gasteiger partial charge in [-0.05, 0) is 23.8 Å². The Labute approximate surface area is 121 Å². The van der Waals surface area contributed by atoms with Gasteiger partial charge in [-0.2, -0.15) is 0 Å². The summed E-state index contributed by atoms with van der Waals surface area (Å²) in [5.74, 6) is -1.94. The summed E-state index contributed by atoms with van der Waals surface area (Å²) in [5, 5.41) is 8.56. The van der Waals surface area contributed by atoms with Crippen LogP contribution in [0.4, 0.5) is 0 Å². The van der Waals surface area contributed by atoms with E-state index < -0.39 is 28.4 Å². The van der Waals surface area contributed by atoms with E-state index in [0.29, 0.717) is 5.56 Å². The number of carboxylic acids is 1. The Hall–Kier alpha value is -2.39. The fraction of sp³-hybridized carbons (Fsp3) is 0.167. The number of amides is 1. The molecule has 8 nitrogen and oxygen atoms in total. The molecule has 0 radical (unpaired) electrons. The van der Waals surface area contributed by atoms with Crippen molar-refractivity contribution in [1.29, 1.82) is 0 Å². The van der Waals surface area contributed by atoms with Crippen LogP contribution in [0.1, 0.15) is 5.56 Å². The minimum absolute atomic E-state index is 0.0550. The molecule has 1 aromatic rings. The number of carbonyl (C=O) groups is 2. The molecule has 21 heavy (non-hydrogen) atoms. The van der Waals surface area contributed by atoms with Gasteiger partial charge in [0.2, 0.25) is 15.9 Å². The molecule has 0 atom stereocenters. The van der Waals surface area contributed by atoms with E-state index in [1.54, 1.807) is 0 Å². The van der Waals surface area contributed by atoms with E-state index in [0.717, 1.165) is 6.08 Å². The molecule has 0 aromatic heterocycles. The molecule has 114 valence electrons. The lowest BCUT2D eigenvalue weighted by Crippen LogP contribution is -2.33. The average molecular weight is 314 g/mol. The fourth-order valence-electron chi connectivity index (χ4n) is 1.42. The van der Waals surface area contributed by atoms with Crippen molar-refractivity contribution in [2.75, 3.05) is 13.7 Å². The summed E-state index contributed by atoms with van der Waals surface area (Å²) in [6.07, 6.45) is 2.10. The zero-order valence-corrected chi connectivity index (χ0v) is 11.9. The van der Waals surface area contributed by atoms with E-state index in [4.69, 9.17) is 15.6 Å². The molecule has 0 saturated carbocycles. The molecule has 0 unspecified atom stereocenters. The number of ether oxygens (including phenoxy) is 1. The van der Waals surface area contributed by atoms with Crippen molar-refractivity contribution >= 4 is 28.0 Å². The first-order chi connectivity index (χ1) is 9.76. The molecule has 4 N–H and O–H groups in total. The smallest absolute Gasteiger partial charge is 0.328 e. The number of rotatable bonds is 7. The first-order valence-corrected chi connectivity index (χ1v) is 7.11. The van der Waals surface area contributed by atoms with Gasteiger partial charge < -0.3 is 15.6 Å². The Bertz CT molecular complexity index is 681. The number of sulfonamides is 1. The number of aliphatic carboxylic acids is 1. The Morgan fingerprint density at radius 3 is 2.62 bits per heavy atom. The van der Waals surface area contributed by atoms with Gasteiger partial charge in [0.05, 0.1) is 13.7 Å². The Kier molecular flexibility index (Phi) is 5.44. The third-order valence-electron chi connectivity index (χ3n) is 2.33. The summed E-state index contributed by atoms with van der Waals surface area (Å²) in [5.41, 5.74) is 5.23. The number of carbonyl (C=O) groups excluding carboxylic acids is 1. The zero-order valence-electron chi connectivity index (χ0n) is 11.1. The van der Waals surface area contributed by atoms with E-state index in [9.17, 15) is 18.0 Å². The molecule has 0 heterocycles. The van der Waals surface area contributed by atoms with Crippen LogP contribution >= 0.6 is 0 Å². The lowest BCUT2D eigenvalue weighted by Gasteiger charge is -2.10. The van der Waals surface area contributed by atoms with Crippen molar-refractivity contribution in [2.24, 2.45) is 5.73 Å². The second-order valence-electron chi connectivity index (χ2n) is 3.87. The van der Waals surface area contributed by atoms with Gasteiger partial charge in [-0.1, -0.05) is 6.07 Å². The minimum atomic E-state index is -4.02. The third kappa shape index (κ3) is 4.89. The molecule has 0 spiro atoms. The summed E-state index contributed by atoms with van der Waals surface area (Å²) in [4.78, 5) is 20.9. The predicted molar refractivity (Wildman–Crippen MR) is 74.0 cm³/mol. The normalized spacial score (nSPS) is 11.5. The van der Waals surface area contributed by atoms with Gasteiger partial charge in [0.1, 0.15) is 10.6 Å². The lowest BCUT2D eigenvalue weighted by molar-refractivity contribution is -0.131. The Morgan fingerprint density at radius 1 is 1.43 bits per heavy atom. The number of benzene rings is 1. The molecule has 0 saturated heterocycles. The predicted octanol–water partition coefficient (Wildman–Crippen LogP) is -0.443. The lowest BCUT2D eigenvalue weighted by atomic mass is 10.2. The van der Waals surface area contributed by atoms with Gasteiger partial charge >= 0.3 is 5.97 Å². The summed E-state index contributed by atoms with van der Waals surface area (Å²) in [6.45, 7) is -0.555. The van der Waals surface area contributed by atoms with Crippen molar-refractivity contribution in [3.8, 4) is 5.75 Å². The topological polar surface area (TPSA) is 136 Å². The molecule has 9 heteroatoms. The summed E-state index contributed by atoms with van der Waals surface area (Å²) < 4.78 is 31.1. The molecular formula is C12H14N2O6S. The highest BCUT2D eigenvalue weighted by Crippen LogP contribution is 2.25. The number of nitrogens with one attached hydrogen (secondary N) is 1. The molecule has 1 aromatic carbocycles. The average Bonchev–Trinajstić information content (AvgIpc) is 2.42. The summed E-state index contributed by atoms with van der Waals surface area (Å²) in [6, 6.07) is 4.09. The first-order valence-electron chi connectivity index (χ1n) is 5.63. The van der Waals surface area contributed by atoms with Crippen LogP contribution in [0.15, 0.2) is 29.2 Å². The maximum absolute atomic E-state index is 12.1. The Balaban J connectivity index is 3.22. The Morgan fingerprint density at radius 2 is 2.10 bits per heavy atom. The highest BCUT2D eigenvalue weighted by Gasteiger charge is 2.20. The third-order valence-corrected chi connectivity index (χ3v) is 3.75. The number of nitrogens with two attached hydrogens (primary N) is 1. The molecule has 0 bridgehead atoms. The second kappa shape index (κ2) is 6.86. The molecule has 1 rings (SSSR count). The highest BCUT2D eigenvalue weighted by atomic mass is 32.2. The zero-order chi connectivity index (χ0) is 16.0. The maximum atomic E-state index is 12.1. The van der Waals surface area contributed by atoms with E-state index in [1.807, 2.05) is 4.72 Å². The first kappa shape index (κ1) is 16.7. The summed E-state index contributed by atoms with van der Waals surface area (Å²) in [7, 11) is -2.73. The van der Waals surface area contributed by atoms with Crippen LogP contribution in [-0.4, -0.2) is 39.1 Å². The molecule has 0 aliphatic carbocycles. The van der Waals surface area contributed by atoms with Gasteiger partial charge in [0, 0.05) is 6.08 Å². The number of hydrogen-bond acceptors (Lipinski definition) is 5. The van der Waals surface area contributed by atoms with Crippen molar-refractivity contribution in [1.82, 2.24) is 4.72 Å². The van der Waals surface area contributed by atoms with Crippen LogP contribution < -0.4 is 15.2 Å². The van der Waals surface area contributed by atoms with Crippen LogP contribution in [0.2, 0.25) is 0 Å². The van der Waals surface area contributed by atoms with Gasteiger partial charge in [-0.15, -0.1) is 0 Å². The number of hydrogen-bond donors (Lipinski definition) is 3. The van der Waals surface area contributed by atoms with Gasteiger partial charge in [-0.25, -0.2) is 17.9 Å². The van der Waals surface area contributed by atoms with Crippen molar-refractivity contribution in [3.63, 3.8) is 0 Å². The highest BCUT2D eigenvalue weighted by molar-refractivity contribution is 7.89. The fourth-order valence-corrected chi connectivity index (χ4v) is 2.61. The SMILES string of the molecule is COc1ccc(/C=C/C(=O)O)cc1S(=O)(=O)NCC(N)=O. The number of methoxy groups -OCH3 is 1. The standard InChI is InChI=1S/C12H14N2O6S/c1-20-9-4-2-8(3-5-12(16)17)6-10(9)21(18,19)14-7-11(13)15/h2-6,14H,7H2,1H3,(H2,13,15)(H,16,17)/b5-3+. The quantitative estimate of drug-likeness (QED) is 0.584. The van der Waals surface area contributed by atoms with Crippen molar-refractivity contribution < 1.29 is 27.9 Å². The van der Waals surface area contributed by atoms with Crippen molar-refractivity contribution in [3.05, 3.63) is 29.8 Å². The van der Waals surface area contributed by atoms with Gasteiger partial charge in [-0.3, -0.25) is 4.79 Å². The molecule has 0 aliphatic heterocycles. The monoisotopic (exact) mass is 314 g/mol. The van der Waals surface area contributed by atoms with E-state index in [2.05, 4.69) is 0 Å². The number of primary amides is 1. The van der Waals surface area contributed by atoms with Gasteiger partial charge in [0.25, 0.3) is 0 Å². The van der Waals surface area contributed by atoms with Crippen LogP contribution in [0.25, 0.3) is 6.08 Å². The van der Waals surface area contributed by atoms with Crippen LogP contribution in [0, 0.1) is 0 Å². The van der Waals surface area contributed by atoms with E-state index in [1.165, 1.54) is 31.4 Å². The number of carboxylic acid groups (broad SMARTS) is 1. The van der Waals surface area contributed by atoms with E-state index >= 15 is 0 Å². The molecule has 0 aliphatic rings.